The molecule has 28 heavy (non-hydrogen) atoms. The van der Waals surface area contributed by atoms with Gasteiger partial charge in [0.05, 0.1) is 11.7 Å². The Hall–Kier alpha value is -2.21. The summed E-state index contributed by atoms with van der Waals surface area (Å²) in [6, 6.07) is 10.3. The van der Waals surface area contributed by atoms with Crippen LogP contribution in [0.2, 0.25) is 0 Å². The molecule has 5 rings (SSSR count). The van der Waals surface area contributed by atoms with E-state index in [1.165, 1.54) is 23.3 Å². The minimum absolute atomic E-state index is 0.0611. The van der Waals surface area contributed by atoms with E-state index in [0.29, 0.717) is 23.4 Å². The van der Waals surface area contributed by atoms with Gasteiger partial charge >= 0.3 is 0 Å². The van der Waals surface area contributed by atoms with Crippen molar-refractivity contribution in [3.8, 4) is 0 Å². The standard InChI is InChI=1S/C22H25N3O2S/c1-14(26)25-12-16-11-24(13-17(16)20(25)15-7-3-2-4-8-15)22(27)21-23-18-9-5-6-10-19(18)28-21/h2-4,7-8,16-17,20H,5-6,9-13H2,1H3/t16-,17-,20+/m1/s1. The zero-order valence-electron chi connectivity index (χ0n) is 16.1. The van der Waals surface area contributed by atoms with Crippen LogP contribution in [-0.2, 0) is 17.6 Å². The van der Waals surface area contributed by atoms with Gasteiger partial charge in [-0.15, -0.1) is 11.3 Å². The Bertz CT molecular complexity index is 886. The fourth-order valence-corrected chi connectivity index (χ4v) is 6.31. The number of carbonyl (C=O) groups excluding carboxylic acids is 2. The molecule has 0 bridgehead atoms. The van der Waals surface area contributed by atoms with E-state index in [1.54, 1.807) is 18.3 Å². The SMILES string of the molecule is CC(=O)N1C[C@H]2CN(C(=O)c3nc4c(s3)CCCC4)C[C@H]2[C@@H]1c1ccccc1. The molecule has 1 aliphatic carbocycles. The highest BCUT2D eigenvalue weighted by atomic mass is 32.1. The van der Waals surface area contributed by atoms with E-state index in [4.69, 9.17) is 0 Å². The maximum atomic E-state index is 13.1. The maximum absolute atomic E-state index is 13.1. The number of likely N-dealkylation sites (tertiary alicyclic amines) is 2. The van der Waals surface area contributed by atoms with Crippen molar-refractivity contribution in [2.45, 2.75) is 38.6 Å². The zero-order valence-corrected chi connectivity index (χ0v) is 17.0. The normalized spacial score (nSPS) is 26.2. The van der Waals surface area contributed by atoms with Crippen LogP contribution in [-0.4, -0.2) is 46.2 Å². The summed E-state index contributed by atoms with van der Waals surface area (Å²) >= 11 is 1.59. The van der Waals surface area contributed by atoms with Crippen molar-refractivity contribution in [1.29, 1.82) is 0 Å². The molecule has 0 spiro atoms. The van der Waals surface area contributed by atoms with Crippen LogP contribution in [0.4, 0.5) is 0 Å². The number of nitrogens with zero attached hydrogens (tertiary/aromatic N) is 3. The number of hydrogen-bond acceptors (Lipinski definition) is 4. The monoisotopic (exact) mass is 395 g/mol. The molecule has 1 aromatic carbocycles. The minimum Gasteiger partial charge on any atom is -0.336 e. The number of aromatic nitrogens is 1. The van der Waals surface area contributed by atoms with Gasteiger partial charge in [-0.05, 0) is 31.2 Å². The van der Waals surface area contributed by atoms with Gasteiger partial charge in [0.25, 0.3) is 5.91 Å². The van der Waals surface area contributed by atoms with Crippen molar-refractivity contribution in [3.05, 3.63) is 51.5 Å². The van der Waals surface area contributed by atoms with Crippen LogP contribution >= 0.6 is 11.3 Å². The number of aryl methyl sites for hydroxylation is 2. The highest BCUT2D eigenvalue weighted by Gasteiger charge is 2.49. The van der Waals surface area contributed by atoms with Crippen LogP contribution in [0, 0.1) is 11.8 Å². The van der Waals surface area contributed by atoms with Gasteiger partial charge in [0.1, 0.15) is 0 Å². The average Bonchev–Trinajstić information content (AvgIpc) is 3.39. The van der Waals surface area contributed by atoms with Gasteiger partial charge in [0.2, 0.25) is 5.91 Å². The molecule has 3 heterocycles. The fourth-order valence-electron chi connectivity index (χ4n) is 5.19. The minimum atomic E-state index is 0.0611. The van der Waals surface area contributed by atoms with Crippen LogP contribution in [0.1, 0.15) is 51.7 Å². The molecular formula is C22H25N3O2S. The molecular weight excluding hydrogens is 370 g/mol. The van der Waals surface area contributed by atoms with E-state index in [-0.39, 0.29) is 17.9 Å². The average molecular weight is 396 g/mol. The number of amides is 2. The number of carbonyl (C=O) groups is 2. The van der Waals surface area contributed by atoms with E-state index in [2.05, 4.69) is 17.1 Å². The maximum Gasteiger partial charge on any atom is 0.282 e. The topological polar surface area (TPSA) is 53.5 Å². The van der Waals surface area contributed by atoms with E-state index >= 15 is 0 Å². The van der Waals surface area contributed by atoms with Crippen LogP contribution in [0.5, 0.6) is 0 Å². The molecule has 3 aliphatic rings. The van der Waals surface area contributed by atoms with Crippen molar-refractivity contribution < 1.29 is 9.59 Å². The second-order valence-electron chi connectivity index (χ2n) is 8.26. The summed E-state index contributed by atoms with van der Waals surface area (Å²) in [4.78, 5) is 35.3. The van der Waals surface area contributed by atoms with E-state index in [9.17, 15) is 9.59 Å². The highest BCUT2D eigenvalue weighted by Crippen LogP contribution is 2.45. The summed E-state index contributed by atoms with van der Waals surface area (Å²) in [7, 11) is 0. The molecule has 146 valence electrons. The van der Waals surface area contributed by atoms with Gasteiger partial charge in [-0.25, -0.2) is 4.98 Å². The Morgan fingerprint density at radius 3 is 2.61 bits per heavy atom. The largest absolute Gasteiger partial charge is 0.336 e. The lowest BCUT2D eigenvalue weighted by Crippen LogP contribution is -2.36. The zero-order chi connectivity index (χ0) is 19.3. The molecule has 5 nitrogen and oxygen atoms in total. The molecule has 2 amide bonds. The van der Waals surface area contributed by atoms with Crippen LogP contribution in [0.15, 0.2) is 30.3 Å². The molecule has 0 unspecified atom stereocenters. The van der Waals surface area contributed by atoms with E-state index in [1.807, 2.05) is 28.0 Å². The first kappa shape index (κ1) is 17.9. The van der Waals surface area contributed by atoms with Gasteiger partial charge in [-0.3, -0.25) is 9.59 Å². The first-order valence-electron chi connectivity index (χ1n) is 10.2. The number of fused-ring (bicyclic) bond motifs is 2. The summed E-state index contributed by atoms with van der Waals surface area (Å²) in [5.74, 6) is 0.834. The van der Waals surface area contributed by atoms with E-state index < -0.39 is 0 Å². The number of hydrogen-bond donors (Lipinski definition) is 0. The first-order chi connectivity index (χ1) is 13.6. The summed E-state index contributed by atoms with van der Waals surface area (Å²) < 4.78 is 0. The Morgan fingerprint density at radius 2 is 1.86 bits per heavy atom. The van der Waals surface area contributed by atoms with Gasteiger partial charge in [-0.2, -0.15) is 0 Å². The van der Waals surface area contributed by atoms with Gasteiger partial charge in [-0.1, -0.05) is 30.3 Å². The van der Waals surface area contributed by atoms with Crippen molar-refractivity contribution in [1.82, 2.24) is 14.8 Å². The molecule has 0 N–H and O–H groups in total. The lowest BCUT2D eigenvalue weighted by atomic mass is 9.89. The number of thiazole rings is 1. The molecule has 0 radical (unpaired) electrons. The molecule has 6 heteroatoms. The van der Waals surface area contributed by atoms with Crippen molar-refractivity contribution in [3.63, 3.8) is 0 Å². The fraction of sp³-hybridized carbons (Fsp3) is 0.500. The Kier molecular flexibility index (Phi) is 4.46. The van der Waals surface area contributed by atoms with Gasteiger partial charge < -0.3 is 9.80 Å². The predicted octanol–water partition coefficient (Wildman–Crippen LogP) is 3.31. The molecule has 2 saturated heterocycles. The molecule has 2 fully saturated rings. The van der Waals surface area contributed by atoms with E-state index in [0.717, 1.165) is 31.6 Å². The first-order valence-corrected chi connectivity index (χ1v) is 11.0. The summed E-state index contributed by atoms with van der Waals surface area (Å²) in [5.41, 5.74) is 2.31. The second-order valence-corrected chi connectivity index (χ2v) is 9.34. The lowest BCUT2D eigenvalue weighted by molar-refractivity contribution is -0.130. The predicted molar refractivity (Wildman–Crippen MR) is 108 cm³/mol. The molecule has 0 saturated carbocycles. The highest BCUT2D eigenvalue weighted by molar-refractivity contribution is 7.13. The summed E-state index contributed by atoms with van der Waals surface area (Å²) in [6.07, 6.45) is 4.46. The van der Waals surface area contributed by atoms with Crippen LogP contribution < -0.4 is 0 Å². The molecule has 2 aromatic rings. The summed E-state index contributed by atoms with van der Waals surface area (Å²) in [6.45, 7) is 3.82. The molecule has 3 atom stereocenters. The van der Waals surface area contributed by atoms with Crippen molar-refractivity contribution in [2.24, 2.45) is 11.8 Å². The van der Waals surface area contributed by atoms with Gasteiger partial charge in [0.15, 0.2) is 5.01 Å². The third-order valence-corrected chi connectivity index (χ3v) is 7.67. The lowest BCUT2D eigenvalue weighted by Gasteiger charge is -2.29. The third kappa shape index (κ3) is 2.94. The van der Waals surface area contributed by atoms with Crippen LogP contribution in [0.25, 0.3) is 0 Å². The van der Waals surface area contributed by atoms with Crippen molar-refractivity contribution >= 4 is 23.2 Å². The number of benzene rings is 1. The third-order valence-electron chi connectivity index (χ3n) is 6.53. The number of rotatable bonds is 2. The summed E-state index contributed by atoms with van der Waals surface area (Å²) in [5, 5.41) is 0.659. The molecule has 1 aromatic heterocycles. The van der Waals surface area contributed by atoms with Crippen LogP contribution in [0.3, 0.4) is 0 Å². The molecule has 2 aliphatic heterocycles. The smallest absolute Gasteiger partial charge is 0.282 e. The second kappa shape index (κ2) is 6.99. The van der Waals surface area contributed by atoms with Crippen molar-refractivity contribution in [2.75, 3.05) is 19.6 Å². The quantitative estimate of drug-likeness (QED) is 0.784. The Labute approximate surface area is 169 Å². The Balaban J connectivity index is 1.38. The van der Waals surface area contributed by atoms with Gasteiger partial charge in [0, 0.05) is 43.3 Å². The Morgan fingerprint density at radius 1 is 1.07 bits per heavy atom.